The molecule has 1 aliphatic rings. The number of fused-ring (bicyclic) bond motifs is 1. The number of carboxylic acid groups (broad SMARTS) is 1. The highest BCUT2D eigenvalue weighted by Crippen LogP contribution is 2.27. The zero-order valence-corrected chi connectivity index (χ0v) is 12.6. The predicted molar refractivity (Wildman–Crippen MR) is 84.7 cm³/mol. The summed E-state index contributed by atoms with van der Waals surface area (Å²) in [7, 11) is 1.61. The molecule has 3 rings (SSSR count). The van der Waals surface area contributed by atoms with Gasteiger partial charge < -0.3 is 14.7 Å². The van der Waals surface area contributed by atoms with Gasteiger partial charge in [0.25, 0.3) is 5.91 Å². The number of amides is 2. The summed E-state index contributed by atoms with van der Waals surface area (Å²) in [6, 6.07) is 12.5. The monoisotopic (exact) mass is 312 g/mol. The molecule has 0 aliphatic carbocycles. The zero-order chi connectivity index (χ0) is 16.4. The van der Waals surface area contributed by atoms with Crippen molar-refractivity contribution < 1.29 is 19.4 Å². The summed E-state index contributed by atoms with van der Waals surface area (Å²) in [6.07, 6.45) is -1.12. The van der Waals surface area contributed by atoms with Gasteiger partial charge in [-0.2, -0.15) is 0 Å². The van der Waals surface area contributed by atoms with Crippen LogP contribution in [0.15, 0.2) is 42.5 Å². The van der Waals surface area contributed by atoms with Crippen LogP contribution in [-0.4, -0.2) is 29.1 Å². The number of hydrogen-bond acceptors (Lipinski definition) is 3. The molecule has 0 bridgehead atoms. The molecule has 0 spiro atoms. The maximum Gasteiger partial charge on any atom is 0.409 e. The molecule has 0 atom stereocenters. The Hall–Kier alpha value is -3.02. The van der Waals surface area contributed by atoms with Crippen LogP contribution < -0.4 is 10.1 Å². The number of carbonyl (C=O) groups is 2. The molecule has 6 heteroatoms. The van der Waals surface area contributed by atoms with E-state index in [-0.39, 0.29) is 5.91 Å². The van der Waals surface area contributed by atoms with Crippen molar-refractivity contribution in [2.24, 2.45) is 0 Å². The second-order valence-corrected chi connectivity index (χ2v) is 5.31. The van der Waals surface area contributed by atoms with Gasteiger partial charge in [-0.15, -0.1) is 0 Å². The third-order valence-corrected chi connectivity index (χ3v) is 3.77. The van der Waals surface area contributed by atoms with Gasteiger partial charge in [-0.05, 0) is 41.5 Å². The van der Waals surface area contributed by atoms with E-state index in [1.165, 1.54) is 0 Å². The first kappa shape index (κ1) is 14.9. The Morgan fingerprint density at radius 1 is 1.26 bits per heavy atom. The van der Waals surface area contributed by atoms with Crippen LogP contribution in [0.5, 0.6) is 5.75 Å². The molecular formula is C17H16N2O4. The molecule has 2 aromatic rings. The molecule has 1 heterocycles. The van der Waals surface area contributed by atoms with Crippen molar-refractivity contribution in [1.29, 1.82) is 0 Å². The maximum atomic E-state index is 12.4. The summed E-state index contributed by atoms with van der Waals surface area (Å²) in [5.41, 5.74) is 2.93. The number of benzene rings is 2. The number of hydrogen-bond donors (Lipinski definition) is 2. The highest BCUT2D eigenvalue weighted by atomic mass is 16.5. The summed E-state index contributed by atoms with van der Waals surface area (Å²) < 4.78 is 5.12. The molecule has 118 valence electrons. The van der Waals surface area contributed by atoms with E-state index < -0.39 is 6.09 Å². The average Bonchev–Trinajstić information content (AvgIpc) is 2.83. The van der Waals surface area contributed by atoms with Gasteiger partial charge in [0.1, 0.15) is 5.75 Å². The van der Waals surface area contributed by atoms with E-state index in [0.29, 0.717) is 24.3 Å². The van der Waals surface area contributed by atoms with E-state index in [0.717, 1.165) is 16.9 Å². The standard InChI is InChI=1S/C17H16N2O4/c1-23-14-5-2-11(3-6-14)9-19-10-12-8-13(18-17(21)22)4-7-15(12)16(19)20/h2-8,18H,9-10H2,1H3,(H,21,22). The summed E-state index contributed by atoms with van der Waals surface area (Å²) in [4.78, 5) is 24.8. The van der Waals surface area contributed by atoms with Crippen LogP contribution in [0.25, 0.3) is 0 Å². The number of rotatable bonds is 4. The number of nitrogens with zero attached hydrogens (tertiary/aromatic N) is 1. The van der Waals surface area contributed by atoms with Gasteiger partial charge in [-0.25, -0.2) is 4.79 Å². The lowest BCUT2D eigenvalue weighted by Gasteiger charge is -2.15. The summed E-state index contributed by atoms with van der Waals surface area (Å²) in [5, 5.41) is 11.1. The Morgan fingerprint density at radius 3 is 2.65 bits per heavy atom. The van der Waals surface area contributed by atoms with Gasteiger partial charge in [0.2, 0.25) is 0 Å². The topological polar surface area (TPSA) is 78.9 Å². The number of nitrogens with one attached hydrogen (secondary N) is 1. The first-order valence-corrected chi connectivity index (χ1v) is 7.12. The first-order chi connectivity index (χ1) is 11.1. The molecule has 23 heavy (non-hydrogen) atoms. The highest BCUT2D eigenvalue weighted by molar-refractivity contribution is 5.99. The van der Waals surface area contributed by atoms with Gasteiger partial charge in [0.15, 0.2) is 0 Å². The van der Waals surface area contributed by atoms with Crippen molar-refractivity contribution in [1.82, 2.24) is 4.90 Å². The molecule has 0 saturated heterocycles. The number of ether oxygens (including phenoxy) is 1. The molecule has 0 unspecified atom stereocenters. The first-order valence-electron chi connectivity index (χ1n) is 7.12. The van der Waals surface area contributed by atoms with E-state index in [4.69, 9.17) is 9.84 Å². The summed E-state index contributed by atoms with van der Waals surface area (Å²) in [6.45, 7) is 0.967. The van der Waals surface area contributed by atoms with Crippen molar-refractivity contribution in [3.63, 3.8) is 0 Å². The molecule has 1 aliphatic heterocycles. The van der Waals surface area contributed by atoms with Gasteiger partial charge in [0, 0.05) is 24.3 Å². The number of methoxy groups -OCH3 is 1. The lowest BCUT2D eigenvalue weighted by molar-refractivity contribution is 0.0766. The van der Waals surface area contributed by atoms with E-state index in [9.17, 15) is 9.59 Å². The van der Waals surface area contributed by atoms with Crippen LogP contribution in [0, 0.1) is 0 Å². The van der Waals surface area contributed by atoms with E-state index in [2.05, 4.69) is 5.32 Å². The fraction of sp³-hybridized carbons (Fsp3) is 0.176. The van der Waals surface area contributed by atoms with Crippen LogP contribution in [0.2, 0.25) is 0 Å². The van der Waals surface area contributed by atoms with Gasteiger partial charge >= 0.3 is 6.09 Å². The average molecular weight is 312 g/mol. The summed E-state index contributed by atoms with van der Waals surface area (Å²) >= 11 is 0. The minimum Gasteiger partial charge on any atom is -0.497 e. The SMILES string of the molecule is COc1ccc(CN2Cc3cc(NC(=O)O)ccc3C2=O)cc1. The van der Waals surface area contributed by atoms with Crippen LogP contribution in [-0.2, 0) is 13.1 Å². The highest BCUT2D eigenvalue weighted by Gasteiger charge is 2.27. The van der Waals surface area contributed by atoms with Crippen LogP contribution in [0.3, 0.4) is 0 Å². The Kier molecular flexibility index (Phi) is 3.89. The molecule has 2 aromatic carbocycles. The van der Waals surface area contributed by atoms with Crippen LogP contribution in [0.4, 0.5) is 10.5 Å². The molecule has 0 saturated carbocycles. The zero-order valence-electron chi connectivity index (χ0n) is 12.6. The molecular weight excluding hydrogens is 296 g/mol. The molecule has 6 nitrogen and oxygen atoms in total. The third-order valence-electron chi connectivity index (χ3n) is 3.77. The fourth-order valence-corrected chi connectivity index (χ4v) is 2.66. The molecule has 2 N–H and O–H groups in total. The van der Waals surface area contributed by atoms with E-state index in [1.54, 1.807) is 30.2 Å². The Labute approximate surface area is 133 Å². The third kappa shape index (κ3) is 3.11. The number of anilines is 1. The van der Waals surface area contributed by atoms with Crippen LogP contribution in [0.1, 0.15) is 21.5 Å². The Morgan fingerprint density at radius 2 is 2.00 bits per heavy atom. The Bertz CT molecular complexity index is 756. The van der Waals surface area contributed by atoms with Crippen LogP contribution >= 0.6 is 0 Å². The van der Waals surface area contributed by atoms with Gasteiger partial charge in [0.05, 0.1) is 7.11 Å². The molecule has 2 amide bonds. The smallest absolute Gasteiger partial charge is 0.409 e. The minimum atomic E-state index is -1.12. The largest absolute Gasteiger partial charge is 0.497 e. The fourth-order valence-electron chi connectivity index (χ4n) is 2.66. The number of carbonyl (C=O) groups excluding carboxylic acids is 1. The second kappa shape index (κ2) is 6.00. The predicted octanol–water partition coefficient (Wildman–Crippen LogP) is 2.94. The van der Waals surface area contributed by atoms with Crippen molar-refractivity contribution in [3.8, 4) is 5.75 Å². The second-order valence-electron chi connectivity index (χ2n) is 5.31. The lowest BCUT2D eigenvalue weighted by Crippen LogP contribution is -2.23. The van der Waals surface area contributed by atoms with Gasteiger partial charge in [-0.3, -0.25) is 10.1 Å². The lowest BCUT2D eigenvalue weighted by atomic mass is 10.1. The summed E-state index contributed by atoms with van der Waals surface area (Å²) in [5.74, 6) is 0.729. The molecule has 0 aromatic heterocycles. The van der Waals surface area contributed by atoms with Crippen molar-refractivity contribution in [3.05, 3.63) is 59.2 Å². The Balaban J connectivity index is 1.75. The molecule has 0 radical (unpaired) electrons. The molecule has 0 fully saturated rings. The van der Waals surface area contributed by atoms with Crippen molar-refractivity contribution >= 4 is 17.7 Å². The minimum absolute atomic E-state index is 0.0438. The normalized spacial score (nSPS) is 12.9. The van der Waals surface area contributed by atoms with Crippen molar-refractivity contribution in [2.75, 3.05) is 12.4 Å². The van der Waals surface area contributed by atoms with Gasteiger partial charge in [-0.1, -0.05) is 12.1 Å². The quantitative estimate of drug-likeness (QED) is 0.910. The van der Waals surface area contributed by atoms with Crippen molar-refractivity contribution in [2.45, 2.75) is 13.1 Å². The van der Waals surface area contributed by atoms with E-state index in [1.807, 2.05) is 24.3 Å². The maximum absolute atomic E-state index is 12.4. The van der Waals surface area contributed by atoms with E-state index >= 15 is 0 Å².